The van der Waals surface area contributed by atoms with Crippen molar-refractivity contribution in [2.75, 3.05) is 5.32 Å². The van der Waals surface area contributed by atoms with E-state index in [4.69, 9.17) is 40.5 Å². The first-order valence-corrected chi connectivity index (χ1v) is 6.76. The Hall–Kier alpha value is -0.480. The Kier molecular flexibility index (Phi) is 4.07. The van der Waals surface area contributed by atoms with Crippen LogP contribution in [-0.2, 0) is 4.79 Å². The van der Waals surface area contributed by atoms with Crippen LogP contribution in [0.25, 0.3) is 0 Å². The summed E-state index contributed by atoms with van der Waals surface area (Å²) in [6, 6.07) is 3.04. The van der Waals surface area contributed by atoms with Crippen molar-refractivity contribution in [3.05, 3.63) is 27.2 Å². The molecule has 0 atom stereocenters. The van der Waals surface area contributed by atoms with Crippen molar-refractivity contribution < 1.29 is 4.79 Å². The maximum absolute atomic E-state index is 11.8. The lowest BCUT2D eigenvalue weighted by molar-refractivity contribution is -0.118. The van der Waals surface area contributed by atoms with Gasteiger partial charge < -0.3 is 11.1 Å². The summed E-state index contributed by atoms with van der Waals surface area (Å²) in [5.74, 6) is -0.155. The molecule has 1 aromatic carbocycles. The fraction of sp³-hybridized carbons (Fsp3) is 0.417. The number of benzene rings is 1. The van der Waals surface area contributed by atoms with Gasteiger partial charge >= 0.3 is 0 Å². The van der Waals surface area contributed by atoms with Gasteiger partial charge in [0.15, 0.2) is 0 Å². The van der Waals surface area contributed by atoms with E-state index in [-0.39, 0.29) is 11.4 Å². The van der Waals surface area contributed by atoms with Gasteiger partial charge in [0.25, 0.3) is 0 Å². The van der Waals surface area contributed by atoms with E-state index in [9.17, 15) is 4.79 Å². The molecular weight excluding hydrogens is 295 g/mol. The van der Waals surface area contributed by atoms with E-state index >= 15 is 0 Å². The van der Waals surface area contributed by atoms with E-state index < -0.39 is 0 Å². The highest BCUT2D eigenvalue weighted by Gasteiger charge is 2.34. The van der Waals surface area contributed by atoms with Gasteiger partial charge in [0.1, 0.15) is 0 Å². The van der Waals surface area contributed by atoms with Gasteiger partial charge in [-0.15, -0.1) is 0 Å². The Balaban J connectivity index is 2.05. The van der Waals surface area contributed by atoms with Gasteiger partial charge in [-0.2, -0.15) is 0 Å². The lowest BCUT2D eigenvalue weighted by Crippen LogP contribution is -2.48. The molecule has 18 heavy (non-hydrogen) atoms. The lowest BCUT2D eigenvalue weighted by Gasteiger charge is -2.37. The summed E-state index contributed by atoms with van der Waals surface area (Å²) in [7, 11) is 0. The number of rotatable bonds is 3. The highest BCUT2D eigenvalue weighted by Crippen LogP contribution is 2.34. The zero-order chi connectivity index (χ0) is 13.3. The minimum Gasteiger partial charge on any atom is -0.325 e. The lowest BCUT2D eigenvalue weighted by atomic mass is 9.75. The molecule has 1 amide bonds. The maximum atomic E-state index is 11.8. The first-order valence-electron chi connectivity index (χ1n) is 5.63. The van der Waals surface area contributed by atoms with Gasteiger partial charge in [-0.1, -0.05) is 34.8 Å². The van der Waals surface area contributed by atoms with E-state index in [2.05, 4.69) is 5.32 Å². The third kappa shape index (κ3) is 3.09. The number of hydrogen-bond acceptors (Lipinski definition) is 2. The fourth-order valence-corrected chi connectivity index (χ4v) is 2.53. The van der Waals surface area contributed by atoms with Gasteiger partial charge in [-0.25, -0.2) is 0 Å². The van der Waals surface area contributed by atoms with Crippen LogP contribution in [0.5, 0.6) is 0 Å². The highest BCUT2D eigenvalue weighted by atomic mass is 35.5. The van der Waals surface area contributed by atoms with Crippen molar-refractivity contribution in [2.24, 2.45) is 5.73 Å². The van der Waals surface area contributed by atoms with Crippen molar-refractivity contribution in [2.45, 2.75) is 31.2 Å². The van der Waals surface area contributed by atoms with Crippen molar-refractivity contribution in [1.82, 2.24) is 0 Å². The van der Waals surface area contributed by atoms with Gasteiger partial charge in [-0.3, -0.25) is 4.79 Å². The van der Waals surface area contributed by atoms with Gasteiger partial charge in [-0.05, 0) is 31.4 Å². The first-order chi connectivity index (χ1) is 8.39. The molecule has 1 saturated carbocycles. The van der Waals surface area contributed by atoms with E-state index in [1.54, 1.807) is 0 Å². The second-order valence-electron chi connectivity index (χ2n) is 4.69. The van der Waals surface area contributed by atoms with E-state index in [0.717, 1.165) is 19.3 Å². The molecule has 0 aromatic heterocycles. The smallest absolute Gasteiger partial charge is 0.226 e. The van der Waals surface area contributed by atoms with Crippen molar-refractivity contribution >= 4 is 46.4 Å². The molecule has 0 heterocycles. The van der Waals surface area contributed by atoms with Crippen molar-refractivity contribution in [1.29, 1.82) is 0 Å². The third-order valence-electron chi connectivity index (χ3n) is 3.15. The van der Waals surface area contributed by atoms with Gasteiger partial charge in [0.05, 0.1) is 20.8 Å². The predicted octanol–water partition coefficient (Wildman–Crippen LogP) is 3.86. The summed E-state index contributed by atoms with van der Waals surface area (Å²) in [6.07, 6.45) is 3.14. The van der Waals surface area contributed by atoms with E-state index in [1.807, 2.05) is 0 Å². The molecule has 6 heteroatoms. The second kappa shape index (κ2) is 5.25. The molecule has 0 radical (unpaired) electrons. The monoisotopic (exact) mass is 306 g/mol. The van der Waals surface area contributed by atoms with Crippen LogP contribution in [0.3, 0.4) is 0 Å². The maximum Gasteiger partial charge on any atom is 0.226 e. The van der Waals surface area contributed by atoms with Crippen LogP contribution in [0.4, 0.5) is 5.69 Å². The molecule has 3 N–H and O–H groups in total. The molecule has 3 nitrogen and oxygen atoms in total. The summed E-state index contributed by atoms with van der Waals surface area (Å²) in [5, 5.41) is 3.77. The molecule has 1 fully saturated rings. The molecule has 1 aliphatic rings. The number of halogens is 3. The normalized spacial score (nSPS) is 17.1. The number of anilines is 1. The quantitative estimate of drug-likeness (QED) is 0.833. The van der Waals surface area contributed by atoms with Crippen LogP contribution in [-0.4, -0.2) is 11.4 Å². The van der Waals surface area contributed by atoms with Crippen LogP contribution >= 0.6 is 34.8 Å². The Bertz CT molecular complexity index is 486. The first kappa shape index (κ1) is 13.9. The van der Waals surface area contributed by atoms with Crippen molar-refractivity contribution in [3.8, 4) is 0 Å². The van der Waals surface area contributed by atoms with Crippen LogP contribution in [0.15, 0.2) is 12.1 Å². The van der Waals surface area contributed by atoms with Gasteiger partial charge in [0.2, 0.25) is 5.91 Å². The number of nitrogens with two attached hydrogens (primary N) is 1. The molecule has 1 aromatic rings. The molecule has 1 aliphatic carbocycles. The zero-order valence-electron chi connectivity index (χ0n) is 9.60. The number of carbonyl (C=O) groups excluding carboxylic acids is 1. The van der Waals surface area contributed by atoms with Gasteiger partial charge in [0, 0.05) is 12.0 Å². The molecule has 0 unspecified atom stereocenters. The Morgan fingerprint density at radius 2 is 1.83 bits per heavy atom. The minimum atomic E-state index is -0.354. The van der Waals surface area contributed by atoms with Crippen LogP contribution in [0.2, 0.25) is 15.1 Å². The second-order valence-corrected chi connectivity index (χ2v) is 5.91. The molecule has 2 rings (SSSR count). The number of amides is 1. The molecular formula is C12H13Cl3N2O. The Morgan fingerprint density at radius 1 is 1.22 bits per heavy atom. The Morgan fingerprint density at radius 3 is 2.39 bits per heavy atom. The molecule has 0 saturated heterocycles. The average molecular weight is 308 g/mol. The average Bonchev–Trinajstić information content (AvgIpc) is 2.23. The van der Waals surface area contributed by atoms with Crippen LogP contribution < -0.4 is 11.1 Å². The highest BCUT2D eigenvalue weighted by molar-refractivity contribution is 6.44. The molecule has 0 bridgehead atoms. The SMILES string of the molecule is NC1(CC(=O)Nc2cc(Cl)c(Cl)cc2Cl)CCC1. The molecule has 0 spiro atoms. The summed E-state index contributed by atoms with van der Waals surface area (Å²) < 4.78 is 0. The number of hydrogen-bond donors (Lipinski definition) is 2. The Labute approximate surface area is 121 Å². The molecule has 0 aliphatic heterocycles. The topological polar surface area (TPSA) is 55.1 Å². The third-order valence-corrected chi connectivity index (χ3v) is 4.18. The van der Waals surface area contributed by atoms with E-state index in [1.165, 1.54) is 12.1 Å². The summed E-state index contributed by atoms with van der Waals surface area (Å²) >= 11 is 17.7. The predicted molar refractivity (Wildman–Crippen MR) is 75.5 cm³/mol. The minimum absolute atomic E-state index is 0.155. The molecule has 98 valence electrons. The summed E-state index contributed by atoms with van der Waals surface area (Å²) in [5.41, 5.74) is 6.11. The van der Waals surface area contributed by atoms with E-state index in [0.29, 0.717) is 27.2 Å². The number of carbonyl (C=O) groups is 1. The number of nitrogens with one attached hydrogen (secondary N) is 1. The largest absolute Gasteiger partial charge is 0.325 e. The fourth-order valence-electron chi connectivity index (χ4n) is 1.94. The van der Waals surface area contributed by atoms with Crippen molar-refractivity contribution in [3.63, 3.8) is 0 Å². The zero-order valence-corrected chi connectivity index (χ0v) is 11.9. The van der Waals surface area contributed by atoms with Crippen LogP contribution in [0.1, 0.15) is 25.7 Å². The van der Waals surface area contributed by atoms with Crippen LogP contribution in [0, 0.1) is 0 Å². The standard InChI is InChI=1S/C12H13Cl3N2O/c13-7-4-9(15)10(5-8(7)14)17-11(18)6-12(16)2-1-3-12/h4-5H,1-3,6,16H2,(H,17,18). The summed E-state index contributed by atoms with van der Waals surface area (Å²) in [6.45, 7) is 0. The summed E-state index contributed by atoms with van der Waals surface area (Å²) in [4.78, 5) is 11.8.